The molecule has 10 nitrogen and oxygen atoms in total. The van der Waals surface area contributed by atoms with Crippen LogP contribution < -0.4 is 35.6 Å². The number of rotatable bonds is 10. The van der Waals surface area contributed by atoms with Gasteiger partial charge in [0.25, 0.3) is 0 Å². The van der Waals surface area contributed by atoms with Crippen molar-refractivity contribution >= 4 is 44.2 Å². The molecular weight excluding hydrogens is 592 g/mol. The van der Waals surface area contributed by atoms with Crippen molar-refractivity contribution in [1.82, 2.24) is 10.3 Å². The van der Waals surface area contributed by atoms with E-state index < -0.39 is 12.1 Å². The van der Waals surface area contributed by atoms with Gasteiger partial charge in [-0.05, 0) is 65.8 Å². The Morgan fingerprint density at radius 2 is 1.80 bits per heavy atom. The summed E-state index contributed by atoms with van der Waals surface area (Å²) in [5.41, 5.74) is 3.80. The summed E-state index contributed by atoms with van der Waals surface area (Å²) in [5.74, 6) is 0.827. The van der Waals surface area contributed by atoms with Crippen molar-refractivity contribution in [2.75, 3.05) is 32.0 Å². The van der Waals surface area contributed by atoms with Crippen LogP contribution in [0.2, 0.25) is 0 Å². The Balaban J connectivity index is 1.60. The molecule has 11 heteroatoms. The van der Waals surface area contributed by atoms with Crippen molar-refractivity contribution in [3.63, 3.8) is 0 Å². The molecule has 1 aromatic heterocycles. The Morgan fingerprint density at radius 3 is 2.47 bits per heavy atom. The number of aromatic nitrogens is 1. The van der Waals surface area contributed by atoms with Crippen LogP contribution in [0.5, 0.6) is 17.2 Å². The van der Waals surface area contributed by atoms with Crippen molar-refractivity contribution in [3.05, 3.63) is 69.9 Å². The van der Waals surface area contributed by atoms with Gasteiger partial charge in [0.1, 0.15) is 6.04 Å². The van der Waals surface area contributed by atoms with Gasteiger partial charge in [0.05, 0.1) is 43.3 Å². The molecule has 0 radical (unpaired) electrons. The first kappa shape index (κ1) is 31.8. The molecule has 0 aliphatic heterocycles. The van der Waals surface area contributed by atoms with Crippen LogP contribution in [0.3, 0.4) is 0 Å². The second-order valence-electron chi connectivity index (χ2n) is 11.1. The summed E-state index contributed by atoms with van der Waals surface area (Å²) in [4.78, 5) is 44.3. The minimum absolute atomic E-state index is 0.105. The van der Waals surface area contributed by atoms with Gasteiger partial charge in [-0.1, -0.05) is 49.8 Å². The van der Waals surface area contributed by atoms with Gasteiger partial charge in [0, 0.05) is 12.5 Å². The van der Waals surface area contributed by atoms with Crippen LogP contribution in [0, 0.1) is 5.92 Å². The number of fused-ring (bicyclic) bond motifs is 4. The number of hydrogen-bond donors (Lipinski definition) is 3. The van der Waals surface area contributed by atoms with E-state index in [-0.39, 0.29) is 28.8 Å². The minimum atomic E-state index is -0.714. The first-order valence-corrected chi connectivity index (χ1v) is 15.7. The molecule has 3 atom stereocenters. The lowest BCUT2D eigenvalue weighted by atomic mass is 9.95. The highest BCUT2D eigenvalue weighted by Crippen LogP contribution is 2.50. The number of carbonyl (C=O) groups excluding carboxylic acids is 2. The van der Waals surface area contributed by atoms with Crippen LogP contribution in [-0.2, 0) is 16.0 Å². The largest absolute Gasteiger partial charge is 0.493 e. The SMILES string of the molecule is CC[C@H](C)[C@H](Nc1ccc2c(cc1=O)[C@@H](NC(C)=O)CCc1cc(OC)c(OC)c(OC)c1-2)C(=O)Nc1nc2ccccc2s1. The molecule has 1 aliphatic rings. The molecule has 236 valence electrons. The van der Waals surface area contributed by atoms with E-state index >= 15 is 0 Å². The summed E-state index contributed by atoms with van der Waals surface area (Å²) in [6.07, 6.45) is 1.84. The highest BCUT2D eigenvalue weighted by molar-refractivity contribution is 7.22. The molecular formula is C34H38N4O6S. The molecule has 0 spiro atoms. The maximum Gasteiger partial charge on any atom is 0.248 e. The fourth-order valence-corrected chi connectivity index (χ4v) is 6.67. The van der Waals surface area contributed by atoms with E-state index in [4.69, 9.17) is 14.2 Å². The van der Waals surface area contributed by atoms with E-state index in [9.17, 15) is 14.4 Å². The zero-order chi connectivity index (χ0) is 32.2. The molecule has 0 bridgehead atoms. The number of thiazole rings is 1. The van der Waals surface area contributed by atoms with Gasteiger partial charge in [-0.25, -0.2) is 4.98 Å². The van der Waals surface area contributed by atoms with Gasteiger partial charge in [-0.3, -0.25) is 14.4 Å². The Kier molecular flexibility index (Phi) is 9.57. The summed E-state index contributed by atoms with van der Waals surface area (Å²) >= 11 is 1.40. The lowest BCUT2D eigenvalue weighted by molar-refractivity contribution is -0.120. The fourth-order valence-electron chi connectivity index (χ4n) is 5.81. The molecule has 3 N–H and O–H groups in total. The van der Waals surface area contributed by atoms with Gasteiger partial charge >= 0.3 is 0 Å². The molecule has 0 fully saturated rings. The number of nitrogens with one attached hydrogen (secondary N) is 3. The number of hydrogen-bond acceptors (Lipinski definition) is 9. The highest BCUT2D eigenvalue weighted by Gasteiger charge is 2.30. The van der Waals surface area contributed by atoms with Gasteiger partial charge < -0.3 is 30.2 Å². The number of methoxy groups -OCH3 is 3. The van der Waals surface area contributed by atoms with E-state index in [1.807, 2.05) is 50.2 Å². The average Bonchev–Trinajstić information content (AvgIpc) is 3.30. The topological polar surface area (TPSA) is 128 Å². The summed E-state index contributed by atoms with van der Waals surface area (Å²) < 4.78 is 18.1. The van der Waals surface area contributed by atoms with Crippen molar-refractivity contribution in [1.29, 1.82) is 0 Å². The summed E-state index contributed by atoms with van der Waals surface area (Å²) in [7, 11) is 4.67. The summed E-state index contributed by atoms with van der Waals surface area (Å²) in [6.45, 7) is 5.42. The van der Waals surface area contributed by atoms with E-state index in [0.29, 0.717) is 52.8 Å². The maximum atomic E-state index is 13.9. The van der Waals surface area contributed by atoms with Crippen molar-refractivity contribution in [3.8, 4) is 28.4 Å². The van der Waals surface area contributed by atoms with E-state index in [0.717, 1.165) is 21.3 Å². The molecule has 4 aromatic rings. The van der Waals surface area contributed by atoms with Crippen LogP contribution in [0.15, 0.2) is 53.3 Å². The summed E-state index contributed by atoms with van der Waals surface area (Å²) in [5, 5.41) is 9.72. The standard InChI is InChI=1S/C34H38N4O6S/c1-7-18(2)30(33(41)38-34-37-25-10-8-9-11-28(25)45-34)36-24-15-13-21-22(17-26(24)40)23(35-19(3)39)14-12-20-16-27(42-4)31(43-5)32(44-6)29(20)21/h8-11,13,15-18,23,30H,7,12,14H2,1-6H3,(H,35,39)(H,36,40)(H,37,38,41)/t18-,23-,30-/m0/s1. The number of nitrogens with zero attached hydrogens (tertiary/aromatic N) is 1. The minimum Gasteiger partial charge on any atom is -0.493 e. The van der Waals surface area contributed by atoms with Gasteiger partial charge in [0.2, 0.25) is 23.0 Å². The van der Waals surface area contributed by atoms with Crippen LogP contribution >= 0.6 is 11.3 Å². The first-order valence-electron chi connectivity index (χ1n) is 14.9. The molecule has 2 amide bonds. The number of benzene rings is 2. The highest BCUT2D eigenvalue weighted by atomic mass is 32.1. The molecule has 1 aliphatic carbocycles. The molecule has 45 heavy (non-hydrogen) atoms. The predicted octanol–water partition coefficient (Wildman–Crippen LogP) is 5.94. The number of ether oxygens (including phenoxy) is 3. The van der Waals surface area contributed by atoms with Crippen molar-refractivity contribution in [2.45, 2.75) is 52.1 Å². The van der Waals surface area contributed by atoms with Crippen molar-refractivity contribution < 1.29 is 23.8 Å². The zero-order valence-corrected chi connectivity index (χ0v) is 27.1. The predicted molar refractivity (Wildman–Crippen MR) is 178 cm³/mol. The van der Waals surface area contributed by atoms with Gasteiger partial charge in [-0.15, -0.1) is 0 Å². The van der Waals surface area contributed by atoms with E-state index in [1.54, 1.807) is 33.5 Å². The molecule has 0 saturated heterocycles. The Labute approximate surface area is 266 Å². The quantitative estimate of drug-likeness (QED) is 0.197. The normalized spacial score (nSPS) is 15.1. The number of anilines is 2. The molecule has 5 rings (SSSR count). The van der Waals surface area contributed by atoms with Crippen LogP contribution in [0.1, 0.15) is 50.8 Å². The number of carbonyl (C=O) groups is 2. The molecule has 3 aromatic carbocycles. The molecule has 1 heterocycles. The van der Waals surface area contributed by atoms with E-state index in [1.165, 1.54) is 18.3 Å². The third kappa shape index (κ3) is 6.44. The smallest absolute Gasteiger partial charge is 0.248 e. The Bertz CT molecular complexity index is 1770. The van der Waals surface area contributed by atoms with Crippen molar-refractivity contribution in [2.24, 2.45) is 5.92 Å². The van der Waals surface area contributed by atoms with Gasteiger partial charge in [-0.2, -0.15) is 0 Å². The number of aryl methyl sites for hydroxylation is 1. The number of para-hydroxylation sites is 1. The lowest BCUT2D eigenvalue weighted by Crippen LogP contribution is -2.40. The summed E-state index contributed by atoms with van der Waals surface area (Å²) in [6, 6.07) is 13.5. The van der Waals surface area contributed by atoms with E-state index in [2.05, 4.69) is 20.9 Å². The fraction of sp³-hybridized carbons (Fsp3) is 0.353. The van der Waals surface area contributed by atoms with Crippen LogP contribution in [0.25, 0.3) is 21.3 Å². The average molecular weight is 631 g/mol. The molecule has 0 saturated carbocycles. The number of amides is 2. The maximum absolute atomic E-state index is 13.9. The second kappa shape index (κ2) is 13.6. The zero-order valence-electron chi connectivity index (χ0n) is 26.3. The third-order valence-corrected chi connectivity index (χ3v) is 9.20. The lowest BCUT2D eigenvalue weighted by Gasteiger charge is -2.23. The Hall–Kier alpha value is -4.64. The third-order valence-electron chi connectivity index (χ3n) is 8.25. The first-order chi connectivity index (χ1) is 21.7. The van der Waals surface area contributed by atoms with Crippen LogP contribution in [-0.4, -0.2) is 44.2 Å². The Morgan fingerprint density at radius 1 is 1.04 bits per heavy atom. The van der Waals surface area contributed by atoms with Crippen LogP contribution in [0.4, 0.5) is 10.8 Å². The monoisotopic (exact) mass is 630 g/mol. The molecule has 0 unspecified atom stereocenters. The second-order valence-corrected chi connectivity index (χ2v) is 12.1. The van der Waals surface area contributed by atoms with Gasteiger partial charge in [0.15, 0.2) is 16.6 Å².